The lowest BCUT2D eigenvalue weighted by atomic mass is 10.2. The van der Waals surface area contributed by atoms with Crippen LogP contribution >= 0.6 is 0 Å². The quantitative estimate of drug-likeness (QED) is 0.739. The van der Waals surface area contributed by atoms with Gasteiger partial charge in [-0.15, -0.1) is 0 Å². The van der Waals surface area contributed by atoms with Crippen molar-refractivity contribution >= 4 is 11.7 Å². The van der Waals surface area contributed by atoms with Gasteiger partial charge in [-0.2, -0.15) is 0 Å². The zero-order valence-electron chi connectivity index (χ0n) is 9.97. The average Bonchev–Trinajstić information content (AvgIpc) is 2.26. The van der Waals surface area contributed by atoms with E-state index in [4.69, 9.17) is 20.3 Å². The molecule has 1 aromatic carbocycles. The summed E-state index contributed by atoms with van der Waals surface area (Å²) in [6.07, 6.45) is -0.106. The van der Waals surface area contributed by atoms with Gasteiger partial charge < -0.3 is 20.3 Å². The fraction of sp³-hybridized carbons (Fsp3) is 0.417. The number of carboxylic acid groups (broad SMARTS) is 1. The van der Waals surface area contributed by atoms with E-state index in [-0.39, 0.29) is 17.4 Å². The highest BCUT2D eigenvalue weighted by atomic mass is 16.5. The molecule has 17 heavy (non-hydrogen) atoms. The summed E-state index contributed by atoms with van der Waals surface area (Å²) < 4.78 is 10.7. The molecule has 0 amide bonds. The molecule has 0 aliphatic carbocycles. The molecular formula is C12H17NO4. The molecule has 94 valence electrons. The predicted molar refractivity (Wildman–Crippen MR) is 64.4 cm³/mol. The van der Waals surface area contributed by atoms with Gasteiger partial charge >= 0.3 is 5.97 Å². The molecule has 0 aromatic heterocycles. The number of rotatable bonds is 6. The summed E-state index contributed by atoms with van der Waals surface area (Å²) in [6.45, 7) is 4.90. The molecule has 0 aliphatic rings. The highest BCUT2D eigenvalue weighted by Crippen LogP contribution is 2.20. The van der Waals surface area contributed by atoms with Gasteiger partial charge in [-0.25, -0.2) is 4.79 Å². The maximum absolute atomic E-state index is 10.8. The second kappa shape index (κ2) is 6.10. The third kappa shape index (κ3) is 3.96. The summed E-state index contributed by atoms with van der Waals surface area (Å²) >= 11 is 0. The molecule has 1 unspecified atom stereocenters. The molecule has 0 spiro atoms. The number of ether oxygens (including phenoxy) is 2. The van der Waals surface area contributed by atoms with E-state index in [1.54, 1.807) is 6.07 Å². The first-order chi connectivity index (χ1) is 8.04. The monoisotopic (exact) mass is 239 g/mol. The predicted octanol–water partition coefficient (Wildman–Crippen LogP) is 1.77. The van der Waals surface area contributed by atoms with E-state index in [9.17, 15) is 4.79 Å². The number of carbonyl (C=O) groups is 1. The molecule has 0 fully saturated rings. The van der Waals surface area contributed by atoms with Gasteiger partial charge in [-0.1, -0.05) is 0 Å². The summed E-state index contributed by atoms with van der Waals surface area (Å²) in [6, 6.07) is 4.52. The number of anilines is 1. The third-order valence-corrected chi connectivity index (χ3v) is 2.15. The molecule has 1 rings (SSSR count). The minimum absolute atomic E-state index is 0.0785. The van der Waals surface area contributed by atoms with Crippen molar-refractivity contribution in [1.82, 2.24) is 0 Å². The Bertz CT molecular complexity index is 392. The summed E-state index contributed by atoms with van der Waals surface area (Å²) in [5, 5.41) is 8.81. The number of hydrogen-bond acceptors (Lipinski definition) is 4. The van der Waals surface area contributed by atoms with Crippen molar-refractivity contribution < 1.29 is 19.4 Å². The highest BCUT2D eigenvalue weighted by Gasteiger charge is 2.10. The van der Waals surface area contributed by atoms with Gasteiger partial charge in [0.2, 0.25) is 0 Å². The highest BCUT2D eigenvalue weighted by molar-refractivity contribution is 5.93. The van der Waals surface area contributed by atoms with Crippen molar-refractivity contribution in [2.75, 3.05) is 18.9 Å². The Hall–Kier alpha value is -1.75. The van der Waals surface area contributed by atoms with Crippen molar-refractivity contribution in [3.05, 3.63) is 23.8 Å². The summed E-state index contributed by atoms with van der Waals surface area (Å²) in [7, 11) is 0. The number of carboxylic acids is 1. The topological polar surface area (TPSA) is 81.8 Å². The van der Waals surface area contributed by atoms with Crippen molar-refractivity contribution in [3.63, 3.8) is 0 Å². The Morgan fingerprint density at radius 3 is 2.76 bits per heavy atom. The lowest BCUT2D eigenvalue weighted by molar-refractivity contribution is 0.0656. The van der Waals surface area contributed by atoms with Crippen molar-refractivity contribution in [3.8, 4) is 5.75 Å². The molecule has 0 aliphatic heterocycles. The molecule has 0 bridgehead atoms. The van der Waals surface area contributed by atoms with Crippen molar-refractivity contribution in [2.24, 2.45) is 0 Å². The maximum atomic E-state index is 10.8. The largest absolute Gasteiger partial charge is 0.488 e. The first-order valence-electron chi connectivity index (χ1n) is 5.41. The number of hydrogen-bond donors (Lipinski definition) is 2. The second-order valence-electron chi connectivity index (χ2n) is 3.64. The van der Waals surface area contributed by atoms with Gasteiger partial charge in [0.15, 0.2) is 0 Å². The number of nitrogens with two attached hydrogens (primary N) is 1. The van der Waals surface area contributed by atoms with Gasteiger partial charge in [0.05, 0.1) is 12.2 Å². The molecule has 1 atom stereocenters. The van der Waals surface area contributed by atoms with Crippen LogP contribution in [0, 0.1) is 0 Å². The van der Waals surface area contributed by atoms with Gasteiger partial charge in [-0.3, -0.25) is 0 Å². The molecule has 1 aromatic rings. The SMILES string of the molecule is CCOCC(C)Oc1ccc(C(=O)O)c(N)c1. The van der Waals surface area contributed by atoms with Crippen LogP contribution in [-0.4, -0.2) is 30.4 Å². The Labute approximate surface area is 100 Å². The summed E-state index contributed by atoms with van der Waals surface area (Å²) in [5.41, 5.74) is 5.88. The fourth-order valence-corrected chi connectivity index (χ4v) is 1.36. The van der Waals surface area contributed by atoms with Crippen LogP contribution in [0.25, 0.3) is 0 Å². The van der Waals surface area contributed by atoms with Crippen LogP contribution in [0.2, 0.25) is 0 Å². The van der Waals surface area contributed by atoms with Crippen LogP contribution in [0.5, 0.6) is 5.75 Å². The van der Waals surface area contributed by atoms with E-state index in [1.165, 1.54) is 12.1 Å². The van der Waals surface area contributed by atoms with E-state index in [2.05, 4.69) is 0 Å². The number of nitrogen functional groups attached to an aromatic ring is 1. The van der Waals surface area contributed by atoms with E-state index in [1.807, 2.05) is 13.8 Å². The Kier molecular flexibility index (Phi) is 4.78. The van der Waals surface area contributed by atoms with Crippen LogP contribution in [0.1, 0.15) is 24.2 Å². The molecule has 0 radical (unpaired) electrons. The molecule has 0 heterocycles. The Morgan fingerprint density at radius 2 is 2.24 bits per heavy atom. The van der Waals surface area contributed by atoms with Crippen LogP contribution in [-0.2, 0) is 4.74 Å². The van der Waals surface area contributed by atoms with Crippen LogP contribution in [0.15, 0.2) is 18.2 Å². The van der Waals surface area contributed by atoms with Gasteiger partial charge in [-0.05, 0) is 26.0 Å². The zero-order valence-corrected chi connectivity index (χ0v) is 9.97. The van der Waals surface area contributed by atoms with E-state index in [0.29, 0.717) is 19.0 Å². The minimum Gasteiger partial charge on any atom is -0.488 e. The first kappa shape index (κ1) is 13.3. The molecule has 5 heteroatoms. The second-order valence-corrected chi connectivity index (χ2v) is 3.64. The standard InChI is InChI=1S/C12H17NO4/c1-3-16-7-8(2)17-9-4-5-10(12(14)15)11(13)6-9/h4-6,8H,3,7,13H2,1-2H3,(H,14,15). The number of benzene rings is 1. The van der Waals surface area contributed by atoms with Crippen molar-refractivity contribution in [1.29, 1.82) is 0 Å². The van der Waals surface area contributed by atoms with E-state index >= 15 is 0 Å². The molecule has 5 nitrogen and oxygen atoms in total. The minimum atomic E-state index is -1.04. The first-order valence-corrected chi connectivity index (χ1v) is 5.41. The van der Waals surface area contributed by atoms with Gasteiger partial charge in [0, 0.05) is 18.4 Å². The average molecular weight is 239 g/mol. The van der Waals surface area contributed by atoms with Crippen LogP contribution in [0.4, 0.5) is 5.69 Å². The van der Waals surface area contributed by atoms with Crippen molar-refractivity contribution in [2.45, 2.75) is 20.0 Å². The normalized spacial score (nSPS) is 12.1. The van der Waals surface area contributed by atoms with E-state index < -0.39 is 5.97 Å². The number of aromatic carboxylic acids is 1. The van der Waals surface area contributed by atoms with Crippen LogP contribution in [0.3, 0.4) is 0 Å². The smallest absolute Gasteiger partial charge is 0.337 e. The van der Waals surface area contributed by atoms with Gasteiger partial charge in [0.1, 0.15) is 11.9 Å². The lowest BCUT2D eigenvalue weighted by Gasteiger charge is -2.15. The maximum Gasteiger partial charge on any atom is 0.337 e. The van der Waals surface area contributed by atoms with Crippen LogP contribution < -0.4 is 10.5 Å². The summed E-state index contributed by atoms with van der Waals surface area (Å²) in [4.78, 5) is 10.8. The molecular weight excluding hydrogens is 222 g/mol. The third-order valence-electron chi connectivity index (χ3n) is 2.15. The molecule has 0 saturated carbocycles. The zero-order chi connectivity index (χ0) is 12.8. The van der Waals surface area contributed by atoms with Gasteiger partial charge in [0.25, 0.3) is 0 Å². The Morgan fingerprint density at radius 1 is 1.53 bits per heavy atom. The Balaban J connectivity index is 2.67. The van der Waals surface area contributed by atoms with E-state index in [0.717, 1.165) is 0 Å². The molecule has 0 saturated heterocycles. The fourth-order valence-electron chi connectivity index (χ4n) is 1.36. The lowest BCUT2D eigenvalue weighted by Crippen LogP contribution is -2.19. The molecule has 3 N–H and O–H groups in total. The summed E-state index contributed by atoms with van der Waals surface area (Å²) in [5.74, 6) is -0.504.